The number of nitrogens with zero attached hydrogens (tertiary/aromatic N) is 4. The minimum absolute atomic E-state index is 0.0448. The topological polar surface area (TPSA) is 146 Å². The summed E-state index contributed by atoms with van der Waals surface area (Å²) < 4.78 is 57.3. The van der Waals surface area contributed by atoms with Crippen molar-refractivity contribution in [1.29, 1.82) is 0 Å². The molecule has 0 aliphatic heterocycles. The minimum atomic E-state index is -3.58. The van der Waals surface area contributed by atoms with E-state index in [1.165, 1.54) is 13.8 Å². The third-order valence-electron chi connectivity index (χ3n) is 3.48. The molecule has 0 bridgehead atoms. The van der Waals surface area contributed by atoms with Crippen molar-refractivity contribution in [3.8, 4) is 22.9 Å². The monoisotopic (exact) mass is 398 g/mol. The van der Waals surface area contributed by atoms with Gasteiger partial charge in [0.2, 0.25) is 31.5 Å². The molecule has 0 unspecified atom stereocenters. The van der Waals surface area contributed by atoms with Crippen molar-refractivity contribution < 1.29 is 25.7 Å². The van der Waals surface area contributed by atoms with Crippen LogP contribution in [-0.2, 0) is 19.7 Å². The molecule has 0 saturated heterocycles. The van der Waals surface area contributed by atoms with Crippen molar-refractivity contribution in [3.05, 3.63) is 24.3 Å². The molecule has 0 spiro atoms. The molecule has 3 rings (SSSR count). The third kappa shape index (κ3) is 3.37. The molecule has 0 amide bonds. The first kappa shape index (κ1) is 18.2. The Balaban J connectivity index is 1.88. The zero-order chi connectivity index (χ0) is 18.9. The summed E-state index contributed by atoms with van der Waals surface area (Å²) in [7, 11) is -7.16. The lowest BCUT2D eigenvalue weighted by Gasteiger charge is -1.97. The minimum Gasteiger partial charge on any atom is -0.408 e. The molecule has 2 aromatic heterocycles. The van der Waals surface area contributed by atoms with E-state index >= 15 is 0 Å². The Morgan fingerprint density at radius 2 is 1.04 bits per heavy atom. The van der Waals surface area contributed by atoms with Crippen LogP contribution < -0.4 is 0 Å². The fourth-order valence-electron chi connectivity index (χ4n) is 1.91. The molecule has 12 heteroatoms. The van der Waals surface area contributed by atoms with Crippen LogP contribution in [0.5, 0.6) is 0 Å². The van der Waals surface area contributed by atoms with Gasteiger partial charge in [-0.25, -0.2) is 16.8 Å². The molecule has 138 valence electrons. The SMILES string of the molecule is CCS(=O)(=O)c1nnc(-c2ccc(-c3nnc(S(=O)(=O)CC)o3)cc2)o1. The van der Waals surface area contributed by atoms with Gasteiger partial charge in [-0.1, -0.05) is 24.0 Å². The van der Waals surface area contributed by atoms with Crippen LogP contribution in [0.3, 0.4) is 0 Å². The summed E-state index contributed by atoms with van der Waals surface area (Å²) in [4.78, 5) is 0. The summed E-state index contributed by atoms with van der Waals surface area (Å²) in [5, 5.41) is 13.7. The average molecular weight is 398 g/mol. The molecule has 2 heterocycles. The Morgan fingerprint density at radius 3 is 1.35 bits per heavy atom. The molecule has 0 radical (unpaired) electrons. The van der Waals surface area contributed by atoms with Gasteiger partial charge >= 0.3 is 10.4 Å². The summed E-state index contributed by atoms with van der Waals surface area (Å²) >= 11 is 0. The third-order valence-corrected chi connectivity index (χ3v) is 6.40. The van der Waals surface area contributed by atoms with Gasteiger partial charge in [-0.2, -0.15) is 0 Å². The van der Waals surface area contributed by atoms with E-state index < -0.39 is 30.1 Å². The molecule has 0 aliphatic carbocycles. The van der Waals surface area contributed by atoms with Crippen LogP contribution in [0.15, 0.2) is 43.5 Å². The van der Waals surface area contributed by atoms with Gasteiger partial charge in [-0.3, -0.25) is 0 Å². The highest BCUT2D eigenvalue weighted by molar-refractivity contribution is 7.91. The lowest BCUT2D eigenvalue weighted by molar-refractivity contribution is 0.439. The van der Waals surface area contributed by atoms with Crippen LogP contribution in [-0.4, -0.2) is 48.7 Å². The molecule has 0 aliphatic rings. The molecule has 10 nitrogen and oxygen atoms in total. The van der Waals surface area contributed by atoms with Crippen molar-refractivity contribution in [2.45, 2.75) is 24.3 Å². The van der Waals surface area contributed by atoms with Crippen molar-refractivity contribution in [2.75, 3.05) is 11.5 Å². The average Bonchev–Trinajstić information content (AvgIpc) is 3.32. The Kier molecular flexibility index (Phi) is 4.63. The Hall–Kier alpha value is -2.60. The second-order valence-electron chi connectivity index (χ2n) is 5.13. The van der Waals surface area contributed by atoms with Crippen LogP contribution in [0.1, 0.15) is 13.8 Å². The summed E-state index contributed by atoms with van der Waals surface area (Å²) in [6.07, 6.45) is 0. The van der Waals surface area contributed by atoms with Crippen LogP contribution in [0.4, 0.5) is 0 Å². The smallest absolute Gasteiger partial charge is 0.335 e. The highest BCUT2D eigenvalue weighted by Gasteiger charge is 2.22. The fourth-order valence-corrected chi connectivity index (χ4v) is 3.14. The Bertz CT molecular complexity index is 1040. The summed E-state index contributed by atoms with van der Waals surface area (Å²) in [6.45, 7) is 2.96. The predicted octanol–water partition coefficient (Wildman–Crippen LogP) is 1.37. The quantitative estimate of drug-likeness (QED) is 0.596. The Labute approximate surface area is 149 Å². The maximum atomic E-state index is 11.7. The summed E-state index contributed by atoms with van der Waals surface area (Å²) in [6, 6.07) is 6.35. The maximum Gasteiger partial charge on any atom is 0.335 e. The van der Waals surface area contributed by atoms with E-state index in [1.807, 2.05) is 0 Å². The molecular weight excluding hydrogens is 384 g/mol. The molecule has 0 atom stereocenters. The van der Waals surface area contributed by atoms with E-state index in [2.05, 4.69) is 20.4 Å². The number of hydrogen-bond acceptors (Lipinski definition) is 10. The van der Waals surface area contributed by atoms with Gasteiger partial charge in [0.1, 0.15) is 0 Å². The predicted molar refractivity (Wildman–Crippen MR) is 88.5 cm³/mol. The maximum absolute atomic E-state index is 11.7. The number of sulfone groups is 2. The highest BCUT2D eigenvalue weighted by atomic mass is 32.2. The van der Waals surface area contributed by atoms with Gasteiger partial charge in [0, 0.05) is 11.1 Å². The van der Waals surface area contributed by atoms with Crippen molar-refractivity contribution >= 4 is 19.7 Å². The van der Waals surface area contributed by atoms with Crippen LogP contribution in [0.2, 0.25) is 0 Å². The first-order chi connectivity index (χ1) is 12.3. The van der Waals surface area contributed by atoms with Crippen molar-refractivity contribution in [3.63, 3.8) is 0 Å². The van der Waals surface area contributed by atoms with Gasteiger partial charge in [0.25, 0.3) is 0 Å². The van der Waals surface area contributed by atoms with Crippen molar-refractivity contribution in [1.82, 2.24) is 20.4 Å². The second kappa shape index (κ2) is 6.61. The largest absolute Gasteiger partial charge is 0.408 e. The fraction of sp³-hybridized carbons (Fsp3) is 0.286. The first-order valence-corrected chi connectivity index (χ1v) is 10.8. The van der Waals surface area contributed by atoms with Gasteiger partial charge in [0.05, 0.1) is 11.5 Å². The van der Waals surface area contributed by atoms with E-state index in [1.54, 1.807) is 24.3 Å². The number of aromatic nitrogens is 4. The van der Waals surface area contributed by atoms with Crippen LogP contribution in [0, 0.1) is 0 Å². The normalized spacial score (nSPS) is 12.4. The zero-order valence-corrected chi connectivity index (χ0v) is 15.4. The summed E-state index contributed by atoms with van der Waals surface area (Å²) in [5.74, 6) is -0.201. The van der Waals surface area contributed by atoms with Crippen LogP contribution >= 0.6 is 0 Å². The lowest BCUT2D eigenvalue weighted by Crippen LogP contribution is -2.03. The van der Waals surface area contributed by atoms with E-state index in [4.69, 9.17) is 8.83 Å². The molecule has 3 aromatic rings. The Morgan fingerprint density at radius 1 is 0.692 bits per heavy atom. The molecule has 0 fully saturated rings. The van der Waals surface area contributed by atoms with Gasteiger partial charge < -0.3 is 8.83 Å². The van der Waals surface area contributed by atoms with Crippen LogP contribution in [0.25, 0.3) is 22.9 Å². The van der Waals surface area contributed by atoms with E-state index in [0.29, 0.717) is 11.1 Å². The summed E-state index contributed by atoms with van der Waals surface area (Å²) in [5.41, 5.74) is 0.972. The molecule has 26 heavy (non-hydrogen) atoms. The van der Waals surface area contributed by atoms with Gasteiger partial charge in [-0.15, -0.1) is 10.2 Å². The number of benzene rings is 1. The molecule has 1 aromatic carbocycles. The zero-order valence-electron chi connectivity index (χ0n) is 13.8. The molecule has 0 saturated carbocycles. The van der Waals surface area contributed by atoms with E-state index in [-0.39, 0.29) is 23.3 Å². The number of hydrogen-bond donors (Lipinski definition) is 0. The lowest BCUT2D eigenvalue weighted by atomic mass is 10.1. The van der Waals surface area contributed by atoms with Gasteiger partial charge in [0.15, 0.2) is 0 Å². The van der Waals surface area contributed by atoms with E-state index in [0.717, 1.165) is 0 Å². The van der Waals surface area contributed by atoms with E-state index in [9.17, 15) is 16.8 Å². The van der Waals surface area contributed by atoms with Crippen molar-refractivity contribution in [2.24, 2.45) is 0 Å². The molecule has 0 N–H and O–H groups in total. The molecular formula is C14H14N4O6S2. The standard InChI is InChI=1S/C14H14N4O6S2/c1-3-25(19,20)13-17-15-11(23-13)9-5-7-10(8-6-9)12-16-18-14(24-12)26(21,22)4-2/h5-8H,3-4H2,1-2H3. The number of rotatable bonds is 6. The highest BCUT2D eigenvalue weighted by Crippen LogP contribution is 2.25. The van der Waals surface area contributed by atoms with Gasteiger partial charge in [-0.05, 0) is 24.3 Å². The first-order valence-electron chi connectivity index (χ1n) is 7.50. The second-order valence-corrected chi connectivity index (χ2v) is 9.44.